The zero-order chi connectivity index (χ0) is 27.8. The Morgan fingerprint density at radius 2 is 1.79 bits per heavy atom. The first-order valence-corrected chi connectivity index (χ1v) is 13.4. The molecule has 4 rings (SSSR count). The van der Waals surface area contributed by atoms with Crippen molar-refractivity contribution in [2.24, 2.45) is 5.92 Å². The average Bonchev–Trinajstić information content (AvgIpc) is 3.57. The molecule has 0 bridgehead atoms. The summed E-state index contributed by atoms with van der Waals surface area (Å²) in [5.74, 6) is -0.296. The number of cyclic esters (lactones) is 1. The van der Waals surface area contributed by atoms with Crippen molar-refractivity contribution in [2.45, 2.75) is 51.0 Å². The molecule has 3 amide bonds. The normalized spacial score (nSPS) is 20.4. The molecule has 3 unspecified atom stereocenters. The maximum Gasteiger partial charge on any atom is 0.415 e. The number of alkyl carbamates (subject to hydrolysis) is 1. The van der Waals surface area contributed by atoms with Crippen LogP contribution in [0.2, 0.25) is 0 Å². The second-order valence-electron chi connectivity index (χ2n) is 10.4. The summed E-state index contributed by atoms with van der Waals surface area (Å²) in [4.78, 5) is 41.7. The number of hydrogen-bond donors (Lipinski definition) is 2. The van der Waals surface area contributed by atoms with Gasteiger partial charge < -0.3 is 29.5 Å². The van der Waals surface area contributed by atoms with Crippen molar-refractivity contribution in [2.75, 3.05) is 37.7 Å². The van der Waals surface area contributed by atoms with Crippen LogP contribution in [-0.2, 0) is 25.4 Å². The Morgan fingerprint density at radius 3 is 2.44 bits per heavy atom. The summed E-state index contributed by atoms with van der Waals surface area (Å²) in [7, 11) is 0. The van der Waals surface area contributed by atoms with Crippen LogP contribution in [0.5, 0.6) is 0 Å². The van der Waals surface area contributed by atoms with E-state index in [1.807, 2.05) is 62.4 Å². The molecule has 10 heteroatoms. The quantitative estimate of drug-likeness (QED) is 0.451. The lowest BCUT2D eigenvalue weighted by Gasteiger charge is -2.32. The van der Waals surface area contributed by atoms with E-state index >= 15 is 0 Å². The lowest BCUT2D eigenvalue weighted by Crippen LogP contribution is -2.53. The molecule has 0 spiro atoms. The highest BCUT2D eigenvalue weighted by Gasteiger charge is 2.40. The number of aliphatic hydroxyl groups excluding tert-OH is 1. The summed E-state index contributed by atoms with van der Waals surface area (Å²) in [5.41, 5.74) is 1.56. The summed E-state index contributed by atoms with van der Waals surface area (Å²) in [6, 6.07) is 17.8. The molecule has 2 saturated heterocycles. The molecule has 4 atom stereocenters. The Morgan fingerprint density at radius 1 is 1.10 bits per heavy atom. The van der Waals surface area contributed by atoms with Crippen LogP contribution in [0.4, 0.5) is 15.3 Å². The first kappa shape index (κ1) is 28.4. The fraction of sp³-hybridized carbons (Fsp3) is 0.483. The number of nitrogens with zero attached hydrogens (tertiary/aromatic N) is 2. The van der Waals surface area contributed by atoms with Crippen LogP contribution in [0.15, 0.2) is 60.7 Å². The van der Waals surface area contributed by atoms with Crippen molar-refractivity contribution in [1.82, 2.24) is 10.2 Å². The fourth-order valence-electron chi connectivity index (χ4n) is 4.76. The second kappa shape index (κ2) is 13.4. The molecular weight excluding hydrogens is 502 g/mol. The second-order valence-corrected chi connectivity index (χ2v) is 10.4. The third-order valence-electron chi connectivity index (χ3n) is 6.69. The topological polar surface area (TPSA) is 118 Å². The van der Waals surface area contributed by atoms with Gasteiger partial charge in [0.15, 0.2) is 6.10 Å². The highest BCUT2D eigenvalue weighted by molar-refractivity contribution is 5.95. The number of rotatable bonds is 11. The molecule has 2 aromatic carbocycles. The van der Waals surface area contributed by atoms with E-state index in [0.29, 0.717) is 38.3 Å². The minimum absolute atomic E-state index is 0.0548. The first-order chi connectivity index (χ1) is 18.8. The average molecular weight is 540 g/mol. The minimum Gasteiger partial charge on any atom is -0.444 e. The van der Waals surface area contributed by atoms with Crippen LogP contribution in [0.25, 0.3) is 0 Å². The third kappa shape index (κ3) is 7.93. The molecule has 2 heterocycles. The maximum absolute atomic E-state index is 13.6. The van der Waals surface area contributed by atoms with Gasteiger partial charge in [-0.25, -0.2) is 9.59 Å². The van der Waals surface area contributed by atoms with Gasteiger partial charge in [-0.3, -0.25) is 9.69 Å². The summed E-state index contributed by atoms with van der Waals surface area (Å²) in [6.07, 6.45) is -2.72. The van der Waals surface area contributed by atoms with E-state index in [2.05, 4.69) is 5.32 Å². The molecule has 0 saturated carbocycles. The van der Waals surface area contributed by atoms with Gasteiger partial charge >= 0.3 is 12.2 Å². The molecule has 2 aromatic rings. The molecule has 0 aromatic heterocycles. The number of aliphatic hydroxyl groups is 1. The van der Waals surface area contributed by atoms with Crippen LogP contribution in [-0.4, -0.2) is 85.3 Å². The predicted molar refractivity (Wildman–Crippen MR) is 144 cm³/mol. The van der Waals surface area contributed by atoms with Crippen LogP contribution in [0, 0.1) is 5.92 Å². The smallest absolute Gasteiger partial charge is 0.415 e. The van der Waals surface area contributed by atoms with Gasteiger partial charge in [0.1, 0.15) is 6.10 Å². The Labute approximate surface area is 228 Å². The van der Waals surface area contributed by atoms with Gasteiger partial charge in [0.25, 0.3) is 5.91 Å². The third-order valence-corrected chi connectivity index (χ3v) is 6.69. The van der Waals surface area contributed by atoms with Crippen molar-refractivity contribution < 1.29 is 33.7 Å². The summed E-state index contributed by atoms with van der Waals surface area (Å²) >= 11 is 0. The maximum atomic E-state index is 13.6. The van der Waals surface area contributed by atoms with E-state index in [1.165, 1.54) is 9.80 Å². The highest BCUT2D eigenvalue weighted by Crippen LogP contribution is 2.23. The van der Waals surface area contributed by atoms with Crippen molar-refractivity contribution in [3.05, 3.63) is 66.2 Å². The SMILES string of the molecule is CC(C)CN(C[C@H](O)C(Cc1ccccc1)NC(=O)OC1CCOC1)C(=O)C1CN(c2ccccc2)C(=O)O1. The Hall–Kier alpha value is -3.63. The number of carbonyl (C=O) groups is 3. The number of carbonyl (C=O) groups excluding carboxylic acids is 3. The Bertz CT molecular complexity index is 1090. The Balaban J connectivity index is 1.46. The monoisotopic (exact) mass is 539 g/mol. The van der Waals surface area contributed by atoms with Gasteiger partial charge in [-0.05, 0) is 30.0 Å². The predicted octanol–water partition coefficient (Wildman–Crippen LogP) is 2.98. The molecule has 2 N–H and O–H groups in total. The van der Waals surface area contributed by atoms with Crippen molar-refractivity contribution >= 4 is 23.8 Å². The van der Waals surface area contributed by atoms with Gasteiger partial charge in [0, 0.05) is 25.2 Å². The molecule has 2 aliphatic heterocycles. The van der Waals surface area contributed by atoms with E-state index < -0.39 is 36.3 Å². The molecule has 2 fully saturated rings. The molecule has 39 heavy (non-hydrogen) atoms. The first-order valence-electron chi connectivity index (χ1n) is 13.4. The van der Waals surface area contributed by atoms with Gasteiger partial charge in [-0.1, -0.05) is 62.4 Å². The lowest BCUT2D eigenvalue weighted by atomic mass is 10.0. The molecule has 10 nitrogen and oxygen atoms in total. The van der Waals surface area contributed by atoms with Crippen LogP contribution in [0.3, 0.4) is 0 Å². The van der Waals surface area contributed by atoms with E-state index in [0.717, 1.165) is 5.56 Å². The number of hydrogen-bond acceptors (Lipinski definition) is 7. The summed E-state index contributed by atoms with van der Waals surface area (Å²) < 4.78 is 16.2. The Kier molecular flexibility index (Phi) is 9.78. The number of amides is 3. The van der Waals surface area contributed by atoms with Gasteiger partial charge in [-0.15, -0.1) is 0 Å². The van der Waals surface area contributed by atoms with Crippen molar-refractivity contribution in [3.8, 4) is 0 Å². The summed E-state index contributed by atoms with van der Waals surface area (Å²) in [6.45, 7) is 5.17. The number of anilines is 1. The van der Waals surface area contributed by atoms with Gasteiger partial charge in [-0.2, -0.15) is 0 Å². The summed E-state index contributed by atoms with van der Waals surface area (Å²) in [5, 5.41) is 14.1. The van der Waals surface area contributed by atoms with E-state index in [-0.39, 0.29) is 25.1 Å². The number of para-hydroxylation sites is 1. The zero-order valence-electron chi connectivity index (χ0n) is 22.4. The molecular formula is C29H37N3O7. The van der Waals surface area contributed by atoms with E-state index in [9.17, 15) is 19.5 Å². The number of ether oxygens (including phenoxy) is 3. The molecule has 0 aliphatic carbocycles. The van der Waals surface area contributed by atoms with Crippen LogP contribution >= 0.6 is 0 Å². The zero-order valence-corrected chi connectivity index (χ0v) is 22.4. The van der Waals surface area contributed by atoms with Crippen LogP contribution in [0.1, 0.15) is 25.8 Å². The number of nitrogens with one attached hydrogen (secondary N) is 1. The van der Waals surface area contributed by atoms with Crippen molar-refractivity contribution in [3.63, 3.8) is 0 Å². The van der Waals surface area contributed by atoms with Crippen molar-refractivity contribution in [1.29, 1.82) is 0 Å². The molecule has 0 radical (unpaired) electrons. The minimum atomic E-state index is -1.11. The van der Waals surface area contributed by atoms with E-state index in [1.54, 1.807) is 12.1 Å². The van der Waals surface area contributed by atoms with Gasteiger partial charge in [0.05, 0.1) is 31.9 Å². The van der Waals surface area contributed by atoms with Crippen LogP contribution < -0.4 is 10.2 Å². The van der Waals surface area contributed by atoms with Gasteiger partial charge in [0.2, 0.25) is 0 Å². The molecule has 210 valence electrons. The van der Waals surface area contributed by atoms with E-state index in [4.69, 9.17) is 14.2 Å². The number of benzene rings is 2. The highest BCUT2D eigenvalue weighted by atomic mass is 16.6. The standard InChI is InChI=1S/C29H37N3O7/c1-20(2)16-31(27(34)26-18-32(29(36)39-26)22-11-7-4-8-12-22)17-25(33)24(15-21-9-5-3-6-10-21)30-28(35)38-23-13-14-37-19-23/h3-12,20,23-26,33H,13-19H2,1-2H3,(H,30,35)/t23?,24?,25-,26?/m0/s1. The fourth-order valence-corrected chi connectivity index (χ4v) is 4.76. The largest absolute Gasteiger partial charge is 0.444 e. The lowest BCUT2D eigenvalue weighted by molar-refractivity contribution is -0.140. The molecule has 2 aliphatic rings.